The molecule has 1 aliphatic heterocycles. The van der Waals surface area contributed by atoms with Gasteiger partial charge in [0.05, 0.1) is 6.61 Å². The van der Waals surface area contributed by atoms with E-state index in [4.69, 9.17) is 9.47 Å². The third-order valence-electron chi connectivity index (χ3n) is 1.99. The molecule has 0 aliphatic carbocycles. The summed E-state index contributed by atoms with van der Waals surface area (Å²) in [6.45, 7) is 4.22. The lowest BCUT2D eigenvalue weighted by atomic mass is 10.3. The molecule has 0 radical (unpaired) electrons. The molecule has 0 bridgehead atoms. The van der Waals surface area contributed by atoms with Gasteiger partial charge in [-0.25, -0.2) is 8.42 Å². The highest BCUT2D eigenvalue weighted by atomic mass is 32.2. The van der Waals surface area contributed by atoms with Crippen LogP contribution < -0.4 is 5.32 Å². The third-order valence-corrected chi connectivity index (χ3v) is 2.77. The van der Waals surface area contributed by atoms with E-state index in [1.165, 1.54) is 0 Å². The van der Waals surface area contributed by atoms with Gasteiger partial charge in [0.15, 0.2) is 15.6 Å². The Hall–Kier alpha value is -0.660. The van der Waals surface area contributed by atoms with Crippen molar-refractivity contribution in [1.82, 2.24) is 5.32 Å². The molecule has 1 unspecified atom stereocenters. The topological polar surface area (TPSA) is 81.7 Å². The van der Waals surface area contributed by atoms with Gasteiger partial charge in [-0.15, -0.1) is 0 Å². The van der Waals surface area contributed by atoms with E-state index in [9.17, 15) is 13.2 Å². The molecule has 1 N–H and O–H groups in total. The van der Waals surface area contributed by atoms with Gasteiger partial charge in [0.2, 0.25) is 5.91 Å². The van der Waals surface area contributed by atoms with Gasteiger partial charge in [0, 0.05) is 12.8 Å². The molecule has 94 valence electrons. The predicted molar refractivity (Wildman–Crippen MR) is 57.6 cm³/mol. The van der Waals surface area contributed by atoms with Crippen molar-refractivity contribution in [3.63, 3.8) is 0 Å². The summed E-state index contributed by atoms with van der Waals surface area (Å²) in [4.78, 5) is 11.2. The standard InChI is InChI=1S/C9H17NO5S/c1-9(2)14-5-7(15-9)4-10-8(11)6-16(3,12)13/h7H,4-6H2,1-3H3,(H,10,11). The second-order valence-corrected chi connectivity index (χ2v) is 6.47. The molecule has 6 nitrogen and oxygen atoms in total. The number of ether oxygens (including phenoxy) is 2. The summed E-state index contributed by atoms with van der Waals surface area (Å²) < 4.78 is 32.4. The van der Waals surface area contributed by atoms with Crippen LogP contribution in [-0.2, 0) is 24.1 Å². The van der Waals surface area contributed by atoms with Crippen LogP contribution in [0.5, 0.6) is 0 Å². The largest absolute Gasteiger partial charge is 0.353 e. The number of hydrogen-bond donors (Lipinski definition) is 1. The Bertz CT molecular complexity index is 362. The molecule has 1 heterocycles. The zero-order valence-electron chi connectivity index (χ0n) is 9.65. The normalized spacial score (nSPS) is 24.3. The van der Waals surface area contributed by atoms with E-state index in [1.807, 2.05) is 0 Å². The van der Waals surface area contributed by atoms with Gasteiger partial charge in [-0.3, -0.25) is 4.79 Å². The van der Waals surface area contributed by atoms with Crippen molar-refractivity contribution in [3.05, 3.63) is 0 Å². The van der Waals surface area contributed by atoms with Gasteiger partial charge in [0.25, 0.3) is 0 Å². The van der Waals surface area contributed by atoms with Crippen molar-refractivity contribution in [2.45, 2.75) is 25.7 Å². The summed E-state index contributed by atoms with van der Waals surface area (Å²) in [5, 5.41) is 2.50. The average Bonchev–Trinajstić information content (AvgIpc) is 2.39. The molecule has 0 saturated carbocycles. The molecule has 1 aliphatic rings. The Kier molecular flexibility index (Phi) is 3.92. The Morgan fingerprint density at radius 1 is 1.50 bits per heavy atom. The molecule has 1 atom stereocenters. The first-order chi connectivity index (χ1) is 7.18. The zero-order chi connectivity index (χ0) is 12.4. The maximum atomic E-state index is 11.2. The summed E-state index contributed by atoms with van der Waals surface area (Å²) in [7, 11) is -3.28. The van der Waals surface area contributed by atoms with E-state index in [0.29, 0.717) is 6.61 Å². The van der Waals surface area contributed by atoms with Crippen LogP contribution in [-0.4, -0.2) is 51.4 Å². The number of rotatable bonds is 4. The predicted octanol–water partition coefficient (Wildman–Crippen LogP) is -0.701. The van der Waals surface area contributed by atoms with E-state index in [1.54, 1.807) is 13.8 Å². The maximum absolute atomic E-state index is 11.2. The van der Waals surface area contributed by atoms with Crippen LogP contribution in [0, 0.1) is 0 Å². The molecule has 0 aromatic heterocycles. The van der Waals surface area contributed by atoms with Crippen LogP contribution in [0.2, 0.25) is 0 Å². The Morgan fingerprint density at radius 2 is 2.12 bits per heavy atom. The van der Waals surface area contributed by atoms with Crippen molar-refractivity contribution >= 4 is 15.7 Å². The summed E-state index contributed by atoms with van der Waals surface area (Å²) in [6, 6.07) is 0. The van der Waals surface area contributed by atoms with Crippen LogP contribution in [0.15, 0.2) is 0 Å². The van der Waals surface area contributed by atoms with Crippen LogP contribution in [0.1, 0.15) is 13.8 Å². The first-order valence-electron chi connectivity index (χ1n) is 4.94. The molecule has 0 aromatic carbocycles. The zero-order valence-corrected chi connectivity index (χ0v) is 10.5. The van der Waals surface area contributed by atoms with Gasteiger partial charge in [0.1, 0.15) is 11.9 Å². The van der Waals surface area contributed by atoms with E-state index in [-0.39, 0.29) is 12.6 Å². The van der Waals surface area contributed by atoms with Crippen LogP contribution in [0.3, 0.4) is 0 Å². The second-order valence-electron chi connectivity index (χ2n) is 4.32. The fourth-order valence-corrected chi connectivity index (χ4v) is 1.96. The Balaban J connectivity index is 2.29. The average molecular weight is 251 g/mol. The molecule has 7 heteroatoms. The van der Waals surface area contributed by atoms with Crippen molar-refractivity contribution in [2.24, 2.45) is 0 Å². The molecule has 1 saturated heterocycles. The second kappa shape index (κ2) is 4.68. The lowest BCUT2D eigenvalue weighted by molar-refractivity contribution is -0.139. The van der Waals surface area contributed by atoms with Gasteiger partial charge >= 0.3 is 0 Å². The van der Waals surface area contributed by atoms with Crippen LogP contribution >= 0.6 is 0 Å². The van der Waals surface area contributed by atoms with Crippen molar-refractivity contribution in [1.29, 1.82) is 0 Å². The summed E-state index contributed by atoms with van der Waals surface area (Å²) in [5.74, 6) is -1.65. The number of carbonyl (C=O) groups excluding carboxylic acids is 1. The maximum Gasteiger partial charge on any atom is 0.235 e. The van der Waals surface area contributed by atoms with Gasteiger partial charge in [-0.1, -0.05) is 0 Å². The highest BCUT2D eigenvalue weighted by Gasteiger charge is 2.32. The number of carbonyl (C=O) groups is 1. The van der Waals surface area contributed by atoms with Gasteiger partial charge in [-0.2, -0.15) is 0 Å². The van der Waals surface area contributed by atoms with E-state index in [2.05, 4.69) is 5.32 Å². The Morgan fingerprint density at radius 3 is 2.56 bits per heavy atom. The summed E-state index contributed by atoms with van der Waals surface area (Å²) >= 11 is 0. The van der Waals surface area contributed by atoms with E-state index < -0.39 is 27.3 Å². The number of amides is 1. The molecule has 1 rings (SSSR count). The fraction of sp³-hybridized carbons (Fsp3) is 0.889. The number of sulfone groups is 1. The molecule has 1 fully saturated rings. The molecule has 1 amide bonds. The van der Waals surface area contributed by atoms with Crippen molar-refractivity contribution < 1.29 is 22.7 Å². The van der Waals surface area contributed by atoms with E-state index in [0.717, 1.165) is 6.26 Å². The van der Waals surface area contributed by atoms with Crippen molar-refractivity contribution in [3.8, 4) is 0 Å². The minimum atomic E-state index is -3.28. The number of nitrogens with one attached hydrogen (secondary N) is 1. The minimum Gasteiger partial charge on any atom is -0.353 e. The quantitative estimate of drug-likeness (QED) is 0.714. The van der Waals surface area contributed by atoms with E-state index >= 15 is 0 Å². The summed E-state index contributed by atoms with van der Waals surface area (Å²) in [5.41, 5.74) is 0. The smallest absolute Gasteiger partial charge is 0.235 e. The van der Waals surface area contributed by atoms with Crippen LogP contribution in [0.25, 0.3) is 0 Å². The first kappa shape index (κ1) is 13.4. The van der Waals surface area contributed by atoms with Crippen LogP contribution in [0.4, 0.5) is 0 Å². The molecular weight excluding hydrogens is 234 g/mol. The minimum absolute atomic E-state index is 0.224. The summed E-state index contributed by atoms with van der Waals surface area (Å²) in [6.07, 6.45) is 0.795. The monoisotopic (exact) mass is 251 g/mol. The lowest BCUT2D eigenvalue weighted by Crippen LogP contribution is -2.37. The number of hydrogen-bond acceptors (Lipinski definition) is 5. The first-order valence-corrected chi connectivity index (χ1v) is 7.00. The fourth-order valence-electron chi connectivity index (χ4n) is 1.38. The van der Waals surface area contributed by atoms with Gasteiger partial charge in [-0.05, 0) is 13.8 Å². The SMILES string of the molecule is CC1(C)OCC(CNC(=O)CS(C)(=O)=O)O1. The Labute approximate surface area is 95.2 Å². The third kappa shape index (κ3) is 4.91. The molecule has 0 aromatic rings. The molecule has 0 spiro atoms. The highest BCUT2D eigenvalue weighted by Crippen LogP contribution is 2.21. The molecular formula is C9H17NO5S. The van der Waals surface area contributed by atoms with Crippen molar-refractivity contribution in [2.75, 3.05) is 25.2 Å². The highest BCUT2D eigenvalue weighted by molar-refractivity contribution is 7.91. The van der Waals surface area contributed by atoms with Gasteiger partial charge < -0.3 is 14.8 Å². The lowest BCUT2D eigenvalue weighted by Gasteiger charge is -2.17. The molecule has 16 heavy (non-hydrogen) atoms.